The third-order valence-corrected chi connectivity index (χ3v) is 3.54. The van der Waals surface area contributed by atoms with E-state index in [9.17, 15) is 4.79 Å². The molecule has 20 heavy (non-hydrogen) atoms. The van der Waals surface area contributed by atoms with Crippen LogP contribution in [0.4, 0.5) is 0 Å². The Balaban J connectivity index is 2.34. The summed E-state index contributed by atoms with van der Waals surface area (Å²) in [7, 11) is 0. The van der Waals surface area contributed by atoms with Crippen molar-refractivity contribution in [2.45, 2.75) is 0 Å². The van der Waals surface area contributed by atoms with E-state index in [1.165, 1.54) is 0 Å². The maximum absolute atomic E-state index is 12.2. The molecule has 0 bridgehead atoms. The van der Waals surface area contributed by atoms with E-state index in [0.29, 0.717) is 33.5 Å². The number of halogens is 1. The fourth-order valence-corrected chi connectivity index (χ4v) is 2.50. The number of nitrogens with zero attached hydrogens (tertiary/aromatic N) is 2. The minimum absolute atomic E-state index is 0.0180. The van der Waals surface area contributed by atoms with E-state index < -0.39 is 0 Å². The molecule has 1 aliphatic carbocycles. The molecular weight excluding hydrogens is 276 g/mol. The number of hydrogen-bond donors (Lipinski definition) is 0. The Bertz CT molecular complexity index is 994. The van der Waals surface area contributed by atoms with Gasteiger partial charge in [-0.05, 0) is 24.3 Å². The largest absolute Gasteiger partial charge is 0.451 e. The van der Waals surface area contributed by atoms with Gasteiger partial charge in [-0.3, -0.25) is 9.78 Å². The van der Waals surface area contributed by atoms with E-state index >= 15 is 0 Å². The molecule has 5 heteroatoms. The summed E-state index contributed by atoms with van der Waals surface area (Å²) in [6.45, 7) is 0. The van der Waals surface area contributed by atoms with Crippen LogP contribution in [0.3, 0.4) is 0 Å². The fraction of sp³-hybridized carbons (Fsp3) is 0. The summed E-state index contributed by atoms with van der Waals surface area (Å²) in [6.07, 6.45) is 1.56. The predicted octanol–water partition coefficient (Wildman–Crippen LogP) is 3.49. The number of rotatable bonds is 0. The van der Waals surface area contributed by atoms with Crippen molar-refractivity contribution < 1.29 is 4.42 Å². The highest BCUT2D eigenvalue weighted by molar-refractivity contribution is 6.34. The molecule has 0 spiro atoms. The lowest BCUT2D eigenvalue weighted by molar-refractivity contribution is 0.614. The minimum atomic E-state index is -0.337. The molecule has 0 unspecified atom stereocenters. The summed E-state index contributed by atoms with van der Waals surface area (Å²) < 4.78 is 5.74. The lowest BCUT2D eigenvalue weighted by atomic mass is 10.1. The number of hydrogen-bond acceptors (Lipinski definition) is 4. The number of aromatic nitrogens is 2. The molecule has 2 aromatic rings. The van der Waals surface area contributed by atoms with E-state index in [2.05, 4.69) is 9.97 Å². The average Bonchev–Trinajstić information content (AvgIpc) is 2.51. The van der Waals surface area contributed by atoms with Gasteiger partial charge >= 0.3 is 0 Å². The van der Waals surface area contributed by atoms with Gasteiger partial charge in [0, 0.05) is 11.6 Å². The molecule has 0 saturated heterocycles. The van der Waals surface area contributed by atoms with E-state index in [1.54, 1.807) is 24.4 Å². The van der Waals surface area contributed by atoms with Gasteiger partial charge in [-0.15, -0.1) is 0 Å². The first kappa shape index (κ1) is 11.4. The number of pyridine rings is 1. The Kier molecular flexibility index (Phi) is 2.28. The topological polar surface area (TPSA) is 56.0 Å². The van der Waals surface area contributed by atoms with Gasteiger partial charge in [0.25, 0.3) is 0 Å². The van der Waals surface area contributed by atoms with Crippen LogP contribution < -0.4 is 5.43 Å². The highest BCUT2D eigenvalue weighted by Crippen LogP contribution is 2.33. The lowest BCUT2D eigenvalue weighted by Gasteiger charge is -2.10. The van der Waals surface area contributed by atoms with Crippen molar-refractivity contribution >= 4 is 33.6 Å². The van der Waals surface area contributed by atoms with Crippen molar-refractivity contribution in [2.75, 3.05) is 0 Å². The first-order chi connectivity index (χ1) is 9.75. The molecule has 96 valence electrons. The number of benzene rings is 2. The maximum atomic E-state index is 12.2. The molecule has 2 aliphatic rings. The molecule has 2 heterocycles. The third-order valence-electron chi connectivity index (χ3n) is 3.20. The molecule has 0 N–H and O–H groups in total. The predicted molar refractivity (Wildman–Crippen MR) is 77.2 cm³/mol. The van der Waals surface area contributed by atoms with Crippen LogP contribution >= 0.6 is 11.6 Å². The highest BCUT2D eigenvalue weighted by atomic mass is 35.5. The van der Waals surface area contributed by atoms with Crippen LogP contribution in [0.25, 0.3) is 33.5 Å². The fourth-order valence-electron chi connectivity index (χ4n) is 2.28. The molecule has 0 amide bonds. The van der Waals surface area contributed by atoms with Crippen molar-refractivity contribution in [3.05, 3.63) is 57.8 Å². The second kappa shape index (κ2) is 4.02. The van der Waals surface area contributed by atoms with E-state index in [1.807, 2.05) is 18.2 Å². The Morgan fingerprint density at radius 2 is 1.95 bits per heavy atom. The van der Waals surface area contributed by atoms with E-state index in [4.69, 9.17) is 16.0 Å². The number of para-hydroxylation sites is 2. The summed E-state index contributed by atoms with van der Waals surface area (Å²) in [6, 6.07) is 10.9. The van der Waals surface area contributed by atoms with Gasteiger partial charge in [-0.1, -0.05) is 23.7 Å². The molecule has 0 atom stereocenters. The van der Waals surface area contributed by atoms with E-state index in [0.717, 1.165) is 0 Å². The Morgan fingerprint density at radius 1 is 1.10 bits per heavy atom. The zero-order chi connectivity index (χ0) is 13.7. The molecule has 4 nitrogen and oxygen atoms in total. The Morgan fingerprint density at radius 3 is 2.85 bits per heavy atom. The van der Waals surface area contributed by atoms with Crippen molar-refractivity contribution in [3.8, 4) is 11.5 Å². The normalized spacial score (nSPS) is 11.4. The Hall–Kier alpha value is -2.46. The SMILES string of the molecule is O=c1c(Cl)c2oc3ccccc3nc-2c2cccnc12. The van der Waals surface area contributed by atoms with Gasteiger partial charge in [-0.25, -0.2) is 4.98 Å². The van der Waals surface area contributed by atoms with Gasteiger partial charge in [-0.2, -0.15) is 0 Å². The first-order valence-electron chi connectivity index (χ1n) is 6.01. The van der Waals surface area contributed by atoms with E-state index in [-0.39, 0.29) is 10.5 Å². The molecule has 4 rings (SSSR count). The molecule has 0 radical (unpaired) electrons. The van der Waals surface area contributed by atoms with Crippen molar-refractivity contribution in [3.63, 3.8) is 0 Å². The van der Waals surface area contributed by atoms with Gasteiger partial charge in [0.2, 0.25) is 5.43 Å². The second-order valence-corrected chi connectivity index (χ2v) is 4.78. The maximum Gasteiger partial charge on any atom is 0.227 e. The summed E-state index contributed by atoms with van der Waals surface area (Å²) in [5.74, 6) is 0.302. The van der Waals surface area contributed by atoms with Gasteiger partial charge in [0.15, 0.2) is 11.3 Å². The monoisotopic (exact) mass is 282 g/mol. The van der Waals surface area contributed by atoms with Gasteiger partial charge < -0.3 is 4.42 Å². The molecule has 0 fully saturated rings. The number of fused-ring (bicyclic) bond motifs is 4. The van der Waals surface area contributed by atoms with Crippen LogP contribution in [0.2, 0.25) is 5.02 Å². The van der Waals surface area contributed by atoms with Crippen molar-refractivity contribution in [1.82, 2.24) is 9.97 Å². The van der Waals surface area contributed by atoms with Crippen LogP contribution in [0.5, 0.6) is 0 Å². The molecule has 0 saturated carbocycles. The van der Waals surface area contributed by atoms with Gasteiger partial charge in [0.1, 0.15) is 21.7 Å². The summed E-state index contributed by atoms with van der Waals surface area (Å²) >= 11 is 6.12. The van der Waals surface area contributed by atoms with Crippen LogP contribution in [-0.2, 0) is 0 Å². The Labute approximate surface area is 118 Å². The lowest BCUT2D eigenvalue weighted by Crippen LogP contribution is -2.08. The second-order valence-electron chi connectivity index (χ2n) is 4.40. The van der Waals surface area contributed by atoms with Crippen LogP contribution in [0, 0.1) is 0 Å². The summed E-state index contributed by atoms with van der Waals surface area (Å²) in [5.41, 5.74) is 1.82. The minimum Gasteiger partial charge on any atom is -0.451 e. The summed E-state index contributed by atoms with van der Waals surface area (Å²) in [4.78, 5) is 20.8. The third kappa shape index (κ3) is 1.45. The zero-order valence-electron chi connectivity index (χ0n) is 10.1. The van der Waals surface area contributed by atoms with Crippen LogP contribution in [0.15, 0.2) is 51.8 Å². The standard InChI is InChI=1S/C15H7ClN2O2/c16-11-14(19)12-8(4-3-7-17-12)13-15(11)20-10-6-2-1-5-9(10)18-13/h1-7H. The summed E-state index contributed by atoms with van der Waals surface area (Å²) in [5, 5.41) is 0.663. The van der Waals surface area contributed by atoms with Crippen molar-refractivity contribution in [2.24, 2.45) is 0 Å². The molecular formula is C15H7ClN2O2. The molecule has 1 aliphatic heterocycles. The van der Waals surface area contributed by atoms with Crippen molar-refractivity contribution in [1.29, 1.82) is 0 Å². The smallest absolute Gasteiger partial charge is 0.227 e. The van der Waals surface area contributed by atoms with Gasteiger partial charge in [0.05, 0.1) is 0 Å². The molecule has 1 aromatic heterocycles. The quantitative estimate of drug-likeness (QED) is 0.366. The molecule has 1 aromatic carbocycles. The average molecular weight is 283 g/mol. The zero-order valence-corrected chi connectivity index (χ0v) is 10.9. The first-order valence-corrected chi connectivity index (χ1v) is 6.39. The van der Waals surface area contributed by atoms with Crippen LogP contribution in [-0.4, -0.2) is 9.97 Å². The van der Waals surface area contributed by atoms with Crippen LogP contribution in [0.1, 0.15) is 0 Å². The highest BCUT2D eigenvalue weighted by Gasteiger charge is 2.21.